The SMILES string of the molecule is C[C@@H](NCc1ccncn1)c1ccc(Cl)cc1. The third kappa shape index (κ3) is 3.51. The second-order valence-electron chi connectivity index (χ2n) is 3.85. The van der Waals surface area contributed by atoms with E-state index >= 15 is 0 Å². The Kier molecular flexibility index (Phi) is 4.07. The Bertz CT molecular complexity index is 456. The van der Waals surface area contributed by atoms with Crippen LogP contribution in [0, 0.1) is 0 Å². The molecule has 4 heteroatoms. The van der Waals surface area contributed by atoms with Crippen LogP contribution in [0.5, 0.6) is 0 Å². The van der Waals surface area contributed by atoms with E-state index in [1.807, 2.05) is 30.3 Å². The lowest BCUT2D eigenvalue weighted by Gasteiger charge is -2.13. The average Bonchev–Trinajstić information content (AvgIpc) is 2.38. The fourth-order valence-corrected chi connectivity index (χ4v) is 1.68. The summed E-state index contributed by atoms with van der Waals surface area (Å²) in [6.45, 7) is 2.84. The molecule has 1 aromatic heterocycles. The van der Waals surface area contributed by atoms with Gasteiger partial charge >= 0.3 is 0 Å². The van der Waals surface area contributed by atoms with Crippen molar-refractivity contribution in [2.24, 2.45) is 0 Å². The van der Waals surface area contributed by atoms with Crippen LogP contribution in [0.1, 0.15) is 24.2 Å². The van der Waals surface area contributed by atoms with E-state index in [0.717, 1.165) is 17.3 Å². The van der Waals surface area contributed by atoms with Crippen LogP contribution >= 0.6 is 11.6 Å². The predicted octanol–water partition coefficient (Wildman–Crippen LogP) is 2.98. The van der Waals surface area contributed by atoms with E-state index in [9.17, 15) is 0 Å². The number of rotatable bonds is 4. The molecule has 0 aliphatic carbocycles. The molecule has 0 aliphatic heterocycles. The first kappa shape index (κ1) is 12.0. The molecule has 2 rings (SSSR count). The van der Waals surface area contributed by atoms with Crippen LogP contribution in [-0.4, -0.2) is 9.97 Å². The van der Waals surface area contributed by atoms with Crippen molar-refractivity contribution in [2.75, 3.05) is 0 Å². The Morgan fingerprint density at radius 3 is 2.65 bits per heavy atom. The van der Waals surface area contributed by atoms with Crippen LogP contribution in [0.3, 0.4) is 0 Å². The highest BCUT2D eigenvalue weighted by Gasteiger charge is 2.04. The molecule has 1 N–H and O–H groups in total. The first-order valence-corrected chi connectivity index (χ1v) is 5.87. The van der Waals surface area contributed by atoms with Crippen LogP contribution in [-0.2, 0) is 6.54 Å². The fourth-order valence-electron chi connectivity index (χ4n) is 1.55. The van der Waals surface area contributed by atoms with E-state index in [2.05, 4.69) is 22.2 Å². The van der Waals surface area contributed by atoms with Crippen molar-refractivity contribution in [3.8, 4) is 0 Å². The van der Waals surface area contributed by atoms with E-state index < -0.39 is 0 Å². The summed E-state index contributed by atoms with van der Waals surface area (Å²) in [4.78, 5) is 8.05. The maximum atomic E-state index is 5.85. The van der Waals surface area contributed by atoms with Gasteiger partial charge in [0.05, 0.1) is 5.69 Å². The van der Waals surface area contributed by atoms with Crippen molar-refractivity contribution < 1.29 is 0 Å². The largest absolute Gasteiger partial charge is 0.305 e. The van der Waals surface area contributed by atoms with Gasteiger partial charge in [0.25, 0.3) is 0 Å². The van der Waals surface area contributed by atoms with Gasteiger partial charge in [-0.3, -0.25) is 0 Å². The zero-order chi connectivity index (χ0) is 12.1. The van der Waals surface area contributed by atoms with Crippen molar-refractivity contribution in [3.63, 3.8) is 0 Å². The molecule has 88 valence electrons. The minimum Gasteiger partial charge on any atom is -0.305 e. The standard InChI is InChI=1S/C13H14ClN3/c1-10(11-2-4-12(14)5-3-11)16-8-13-6-7-15-9-17-13/h2-7,9-10,16H,8H2,1H3/t10-/m1/s1. The lowest BCUT2D eigenvalue weighted by molar-refractivity contribution is 0.567. The Hall–Kier alpha value is -1.45. The number of nitrogens with zero attached hydrogens (tertiary/aromatic N) is 2. The zero-order valence-electron chi connectivity index (χ0n) is 9.60. The summed E-state index contributed by atoms with van der Waals surface area (Å²) in [7, 11) is 0. The summed E-state index contributed by atoms with van der Waals surface area (Å²) in [5.41, 5.74) is 2.20. The Labute approximate surface area is 106 Å². The number of benzene rings is 1. The van der Waals surface area contributed by atoms with Gasteiger partial charge in [0.2, 0.25) is 0 Å². The lowest BCUT2D eigenvalue weighted by atomic mass is 10.1. The van der Waals surface area contributed by atoms with Crippen molar-refractivity contribution in [2.45, 2.75) is 19.5 Å². The number of halogens is 1. The molecule has 0 fully saturated rings. The van der Waals surface area contributed by atoms with E-state index in [4.69, 9.17) is 11.6 Å². The quantitative estimate of drug-likeness (QED) is 0.903. The zero-order valence-corrected chi connectivity index (χ0v) is 10.4. The molecule has 0 amide bonds. The van der Waals surface area contributed by atoms with Gasteiger partial charge in [-0.05, 0) is 30.7 Å². The molecular weight excluding hydrogens is 234 g/mol. The summed E-state index contributed by atoms with van der Waals surface area (Å²) in [5, 5.41) is 4.16. The predicted molar refractivity (Wildman–Crippen MR) is 68.7 cm³/mol. The molecule has 0 bridgehead atoms. The van der Waals surface area contributed by atoms with Crippen molar-refractivity contribution in [3.05, 3.63) is 59.1 Å². The smallest absolute Gasteiger partial charge is 0.115 e. The van der Waals surface area contributed by atoms with E-state index in [1.165, 1.54) is 5.56 Å². The normalized spacial score (nSPS) is 12.4. The first-order valence-electron chi connectivity index (χ1n) is 5.49. The van der Waals surface area contributed by atoms with Crippen LogP contribution in [0.15, 0.2) is 42.9 Å². The molecule has 1 atom stereocenters. The van der Waals surface area contributed by atoms with Gasteiger partial charge in [-0.15, -0.1) is 0 Å². The third-order valence-corrected chi connectivity index (χ3v) is 2.85. The minimum atomic E-state index is 0.266. The maximum absolute atomic E-state index is 5.85. The lowest BCUT2D eigenvalue weighted by Crippen LogP contribution is -2.18. The summed E-state index contributed by atoms with van der Waals surface area (Å²) in [6, 6.07) is 10.0. The van der Waals surface area contributed by atoms with Gasteiger partial charge in [-0.1, -0.05) is 23.7 Å². The maximum Gasteiger partial charge on any atom is 0.115 e. The van der Waals surface area contributed by atoms with Crippen molar-refractivity contribution in [1.82, 2.24) is 15.3 Å². The monoisotopic (exact) mass is 247 g/mol. The molecule has 1 heterocycles. The Morgan fingerprint density at radius 2 is 2.00 bits per heavy atom. The van der Waals surface area contributed by atoms with E-state index in [-0.39, 0.29) is 6.04 Å². The molecule has 1 aromatic carbocycles. The highest BCUT2D eigenvalue weighted by atomic mass is 35.5. The van der Waals surface area contributed by atoms with Crippen LogP contribution in [0.4, 0.5) is 0 Å². The molecular formula is C13H14ClN3. The highest BCUT2D eigenvalue weighted by Crippen LogP contribution is 2.16. The second-order valence-corrected chi connectivity index (χ2v) is 4.29. The van der Waals surface area contributed by atoms with Gasteiger partial charge < -0.3 is 5.32 Å². The molecule has 0 aliphatic rings. The number of hydrogen-bond acceptors (Lipinski definition) is 3. The summed E-state index contributed by atoms with van der Waals surface area (Å²) in [5.74, 6) is 0. The Morgan fingerprint density at radius 1 is 1.24 bits per heavy atom. The summed E-state index contributed by atoms with van der Waals surface area (Å²) < 4.78 is 0. The molecule has 0 saturated heterocycles. The van der Waals surface area contributed by atoms with Crippen LogP contribution in [0.2, 0.25) is 5.02 Å². The minimum absolute atomic E-state index is 0.266. The van der Waals surface area contributed by atoms with Gasteiger partial charge in [0.15, 0.2) is 0 Å². The summed E-state index contributed by atoms with van der Waals surface area (Å²) in [6.07, 6.45) is 3.31. The highest BCUT2D eigenvalue weighted by molar-refractivity contribution is 6.30. The number of nitrogens with one attached hydrogen (secondary N) is 1. The topological polar surface area (TPSA) is 37.8 Å². The summed E-state index contributed by atoms with van der Waals surface area (Å²) >= 11 is 5.85. The van der Waals surface area contributed by atoms with Gasteiger partial charge in [-0.25, -0.2) is 9.97 Å². The molecule has 0 unspecified atom stereocenters. The van der Waals surface area contributed by atoms with Crippen LogP contribution < -0.4 is 5.32 Å². The fraction of sp³-hybridized carbons (Fsp3) is 0.231. The number of aromatic nitrogens is 2. The first-order chi connectivity index (χ1) is 8.25. The molecule has 3 nitrogen and oxygen atoms in total. The van der Waals surface area contributed by atoms with Crippen molar-refractivity contribution >= 4 is 11.6 Å². The van der Waals surface area contributed by atoms with Gasteiger partial charge in [0, 0.05) is 23.8 Å². The molecule has 0 saturated carbocycles. The van der Waals surface area contributed by atoms with Crippen molar-refractivity contribution in [1.29, 1.82) is 0 Å². The molecule has 0 radical (unpaired) electrons. The average molecular weight is 248 g/mol. The molecule has 0 spiro atoms. The van der Waals surface area contributed by atoms with Crippen LogP contribution in [0.25, 0.3) is 0 Å². The van der Waals surface area contributed by atoms with E-state index in [0.29, 0.717) is 0 Å². The number of hydrogen-bond donors (Lipinski definition) is 1. The van der Waals surface area contributed by atoms with Gasteiger partial charge in [0.1, 0.15) is 6.33 Å². The van der Waals surface area contributed by atoms with Gasteiger partial charge in [-0.2, -0.15) is 0 Å². The molecule has 2 aromatic rings. The molecule has 17 heavy (non-hydrogen) atoms. The van der Waals surface area contributed by atoms with E-state index in [1.54, 1.807) is 12.5 Å². The Balaban J connectivity index is 1.93. The second kappa shape index (κ2) is 5.75. The third-order valence-electron chi connectivity index (χ3n) is 2.60.